The molecule has 0 aliphatic carbocycles. The Morgan fingerprint density at radius 3 is 2.46 bits per heavy atom. The van der Waals surface area contributed by atoms with Gasteiger partial charge in [-0.25, -0.2) is 18.5 Å². The van der Waals surface area contributed by atoms with Gasteiger partial charge < -0.3 is 19.3 Å². The van der Waals surface area contributed by atoms with Crippen molar-refractivity contribution in [1.29, 1.82) is 0 Å². The Kier molecular flexibility index (Phi) is 7.14. The van der Waals surface area contributed by atoms with Crippen molar-refractivity contribution in [2.75, 3.05) is 26.7 Å². The molecule has 1 aliphatic rings. The summed E-state index contributed by atoms with van der Waals surface area (Å²) in [6.07, 6.45) is -0.425. The third kappa shape index (κ3) is 5.39. The number of hydrogen-bond acceptors (Lipinski definition) is 6. The number of hydrogen-bond donors (Lipinski definition) is 0. The minimum absolute atomic E-state index is 0.108. The van der Waals surface area contributed by atoms with Gasteiger partial charge in [-0.2, -0.15) is 5.10 Å². The maximum atomic E-state index is 15.2. The van der Waals surface area contributed by atoms with E-state index in [9.17, 15) is 14.4 Å². The van der Waals surface area contributed by atoms with Crippen molar-refractivity contribution in [2.45, 2.75) is 39.3 Å². The molecule has 0 radical (unpaired) electrons. The van der Waals surface area contributed by atoms with Crippen molar-refractivity contribution in [3.8, 4) is 11.3 Å². The van der Waals surface area contributed by atoms with E-state index in [1.165, 1.54) is 29.8 Å². The number of esters is 1. The highest BCUT2D eigenvalue weighted by molar-refractivity contribution is 6.34. The summed E-state index contributed by atoms with van der Waals surface area (Å²) in [4.78, 5) is 40.8. The monoisotopic (exact) mass is 530 g/mol. The molecule has 0 bridgehead atoms. The topological polar surface area (TPSA) is 93.5 Å². The summed E-state index contributed by atoms with van der Waals surface area (Å²) in [6, 6.07) is 8.55. The van der Waals surface area contributed by atoms with Crippen LogP contribution >= 0.6 is 11.6 Å². The van der Waals surface area contributed by atoms with E-state index in [0.29, 0.717) is 30.2 Å². The summed E-state index contributed by atoms with van der Waals surface area (Å²) in [6.45, 7) is 8.14. The van der Waals surface area contributed by atoms with E-state index in [1.54, 1.807) is 42.7 Å². The first kappa shape index (κ1) is 26.4. The maximum absolute atomic E-state index is 15.2. The molecular formula is C26H28ClFN4O5. The molecule has 11 heteroatoms. The first-order chi connectivity index (χ1) is 17.4. The molecule has 1 fully saturated rings. The molecule has 1 unspecified atom stereocenters. The van der Waals surface area contributed by atoms with Gasteiger partial charge in [0.25, 0.3) is 5.91 Å². The van der Waals surface area contributed by atoms with E-state index in [0.717, 1.165) is 6.07 Å². The zero-order chi connectivity index (χ0) is 27.1. The van der Waals surface area contributed by atoms with Crippen molar-refractivity contribution < 1.29 is 28.2 Å². The van der Waals surface area contributed by atoms with Crippen molar-refractivity contribution in [2.24, 2.45) is 0 Å². The number of amides is 2. The minimum Gasteiger partial charge on any atom is -0.464 e. The van der Waals surface area contributed by atoms with Crippen LogP contribution in [0.1, 0.15) is 48.5 Å². The first-order valence-corrected chi connectivity index (χ1v) is 12.1. The van der Waals surface area contributed by atoms with Crippen LogP contribution in [0.25, 0.3) is 16.8 Å². The summed E-state index contributed by atoms with van der Waals surface area (Å²) in [5, 5.41) is 4.67. The Hall–Kier alpha value is -3.66. The van der Waals surface area contributed by atoms with Crippen molar-refractivity contribution in [3.05, 3.63) is 58.5 Å². The normalized spacial score (nSPS) is 16.1. The Morgan fingerprint density at radius 1 is 1.11 bits per heavy atom. The number of rotatable bonds is 3. The van der Waals surface area contributed by atoms with Crippen molar-refractivity contribution >= 4 is 35.1 Å². The van der Waals surface area contributed by atoms with Gasteiger partial charge in [0.2, 0.25) is 0 Å². The molecule has 3 heterocycles. The molecular weight excluding hydrogens is 503 g/mol. The van der Waals surface area contributed by atoms with Crippen LogP contribution in [0.15, 0.2) is 36.4 Å². The molecule has 1 aromatic carbocycles. The minimum atomic E-state index is -0.643. The third-order valence-electron chi connectivity index (χ3n) is 6.00. The summed E-state index contributed by atoms with van der Waals surface area (Å²) in [7, 11) is 1.24. The molecule has 1 saturated heterocycles. The molecule has 1 atom stereocenters. The molecule has 37 heavy (non-hydrogen) atoms. The lowest BCUT2D eigenvalue weighted by Crippen LogP contribution is -2.56. The lowest BCUT2D eigenvalue weighted by Gasteiger charge is -2.40. The van der Waals surface area contributed by atoms with Gasteiger partial charge in [0, 0.05) is 36.8 Å². The molecule has 9 nitrogen and oxygen atoms in total. The fourth-order valence-electron chi connectivity index (χ4n) is 4.21. The van der Waals surface area contributed by atoms with E-state index in [4.69, 9.17) is 21.1 Å². The van der Waals surface area contributed by atoms with Gasteiger partial charge in [0.15, 0.2) is 5.69 Å². The van der Waals surface area contributed by atoms with Crippen LogP contribution in [-0.4, -0.2) is 75.8 Å². The number of carbonyl (C=O) groups excluding carboxylic acids is 3. The van der Waals surface area contributed by atoms with E-state index in [-0.39, 0.29) is 34.5 Å². The molecule has 0 N–H and O–H groups in total. The summed E-state index contributed by atoms with van der Waals surface area (Å²) >= 11 is 6.19. The highest BCUT2D eigenvalue weighted by atomic mass is 35.5. The van der Waals surface area contributed by atoms with Gasteiger partial charge in [-0.05, 0) is 64.1 Å². The Morgan fingerprint density at radius 2 is 1.84 bits per heavy atom. The summed E-state index contributed by atoms with van der Waals surface area (Å²) < 4.78 is 26.7. The van der Waals surface area contributed by atoms with Gasteiger partial charge in [0.05, 0.1) is 23.3 Å². The summed E-state index contributed by atoms with van der Waals surface area (Å²) in [5.74, 6) is -1.61. The molecule has 4 rings (SSSR count). The predicted octanol–water partition coefficient (Wildman–Crippen LogP) is 4.66. The maximum Gasteiger partial charge on any atom is 0.410 e. The quantitative estimate of drug-likeness (QED) is 0.457. The second kappa shape index (κ2) is 10.0. The van der Waals surface area contributed by atoms with Crippen molar-refractivity contribution in [3.63, 3.8) is 0 Å². The second-order valence-electron chi connectivity index (χ2n) is 9.85. The fourth-order valence-corrected chi connectivity index (χ4v) is 4.46. The van der Waals surface area contributed by atoms with Crippen molar-refractivity contribution in [1.82, 2.24) is 19.4 Å². The fraction of sp³-hybridized carbons (Fsp3) is 0.385. The number of halogens is 2. The van der Waals surface area contributed by atoms with Gasteiger partial charge in [-0.3, -0.25) is 4.79 Å². The van der Waals surface area contributed by atoms with Crippen LogP contribution in [-0.2, 0) is 9.47 Å². The number of piperazine rings is 1. The zero-order valence-electron chi connectivity index (χ0n) is 21.2. The SMILES string of the molecule is COC(=O)c1cc(Cl)c2ccc(-c3ccc(C(=O)N4CCN(C(=O)OC(C)(C)C)C(C)C4)cc3F)nn12. The van der Waals surface area contributed by atoms with Gasteiger partial charge in [-0.1, -0.05) is 11.6 Å². The van der Waals surface area contributed by atoms with Crippen LogP contribution < -0.4 is 0 Å². The smallest absolute Gasteiger partial charge is 0.410 e. The highest BCUT2D eigenvalue weighted by Gasteiger charge is 2.33. The number of nitrogens with zero attached hydrogens (tertiary/aromatic N) is 4. The van der Waals surface area contributed by atoms with Gasteiger partial charge in [-0.15, -0.1) is 0 Å². The Balaban J connectivity index is 1.53. The number of fused-ring (bicyclic) bond motifs is 1. The molecule has 3 aromatic rings. The van der Waals surface area contributed by atoms with Crippen LogP contribution in [0, 0.1) is 5.82 Å². The Bertz CT molecular complexity index is 1380. The molecule has 0 spiro atoms. The van der Waals surface area contributed by atoms with Crippen LogP contribution in [0.3, 0.4) is 0 Å². The molecule has 196 valence electrons. The molecule has 1 aliphatic heterocycles. The number of aromatic nitrogens is 2. The van der Waals surface area contributed by atoms with E-state index >= 15 is 4.39 Å². The Labute approximate surface area is 218 Å². The lowest BCUT2D eigenvalue weighted by atomic mass is 10.1. The van der Waals surface area contributed by atoms with E-state index in [1.807, 2.05) is 6.92 Å². The second-order valence-corrected chi connectivity index (χ2v) is 10.3. The van der Waals surface area contributed by atoms with Crippen LogP contribution in [0.5, 0.6) is 0 Å². The molecule has 0 saturated carbocycles. The lowest BCUT2D eigenvalue weighted by molar-refractivity contribution is 0.00197. The zero-order valence-corrected chi connectivity index (χ0v) is 22.0. The first-order valence-electron chi connectivity index (χ1n) is 11.7. The number of ether oxygens (including phenoxy) is 2. The highest BCUT2D eigenvalue weighted by Crippen LogP contribution is 2.27. The van der Waals surface area contributed by atoms with Crippen LogP contribution in [0.2, 0.25) is 5.02 Å². The number of carbonyl (C=O) groups is 3. The van der Waals surface area contributed by atoms with E-state index < -0.39 is 23.5 Å². The standard InChI is InChI=1S/C26H28ClFN4O5/c1-15-14-30(10-11-31(15)25(35)37-26(2,3)4)23(33)16-6-7-17(19(28)12-16)20-8-9-21-18(27)13-22(24(34)36-5)32(21)29-20/h6-9,12-13,15H,10-11,14H2,1-5H3. The average molecular weight is 531 g/mol. The number of methoxy groups -OCH3 is 1. The van der Waals surface area contributed by atoms with Gasteiger partial charge in [0.1, 0.15) is 11.4 Å². The van der Waals surface area contributed by atoms with Crippen LogP contribution in [0.4, 0.5) is 9.18 Å². The largest absolute Gasteiger partial charge is 0.464 e. The summed E-state index contributed by atoms with van der Waals surface area (Å²) in [5.41, 5.74) is 0.549. The predicted molar refractivity (Wildman–Crippen MR) is 135 cm³/mol. The third-order valence-corrected chi connectivity index (χ3v) is 6.30. The molecule has 2 amide bonds. The van der Waals surface area contributed by atoms with E-state index in [2.05, 4.69) is 5.10 Å². The average Bonchev–Trinajstić information content (AvgIpc) is 3.17. The van der Waals surface area contributed by atoms with Gasteiger partial charge >= 0.3 is 12.1 Å². The number of benzene rings is 1. The molecule has 2 aromatic heterocycles.